The number of benzene rings is 2. The first kappa shape index (κ1) is 17.5. The van der Waals surface area contributed by atoms with Crippen LogP contribution in [0.25, 0.3) is 11.1 Å². The summed E-state index contributed by atoms with van der Waals surface area (Å²) in [5, 5.41) is 9.73. The number of carboxylic acid groups (broad SMARTS) is 1. The van der Waals surface area contributed by atoms with Gasteiger partial charge in [0.05, 0.1) is 5.92 Å². The van der Waals surface area contributed by atoms with Crippen LogP contribution in [0.4, 0.5) is 0 Å². The predicted octanol–water partition coefficient (Wildman–Crippen LogP) is 4.19. The molecule has 0 saturated heterocycles. The maximum atomic E-state index is 12.7. The summed E-state index contributed by atoms with van der Waals surface area (Å²) in [5.41, 5.74) is 2.80. The third-order valence-electron chi connectivity index (χ3n) is 4.54. The Balaban J connectivity index is 1.78. The van der Waals surface area contributed by atoms with Crippen molar-refractivity contribution in [3.8, 4) is 11.1 Å². The number of hydrogen-bond acceptors (Lipinski definition) is 2. The van der Waals surface area contributed by atoms with Crippen LogP contribution in [0.2, 0.25) is 5.02 Å². The van der Waals surface area contributed by atoms with Crippen molar-refractivity contribution in [2.45, 2.75) is 31.7 Å². The highest BCUT2D eigenvalue weighted by Crippen LogP contribution is 2.32. The van der Waals surface area contributed by atoms with Gasteiger partial charge in [0.1, 0.15) is 6.54 Å². The third-order valence-corrected chi connectivity index (χ3v) is 4.87. The molecule has 1 unspecified atom stereocenters. The molecular weight excluding hydrogens is 338 g/mol. The van der Waals surface area contributed by atoms with Gasteiger partial charge in [-0.25, -0.2) is 0 Å². The number of halogens is 1. The van der Waals surface area contributed by atoms with Crippen molar-refractivity contribution >= 4 is 23.5 Å². The highest BCUT2D eigenvalue weighted by atomic mass is 35.5. The third kappa shape index (κ3) is 4.02. The van der Waals surface area contributed by atoms with Crippen LogP contribution in [0.15, 0.2) is 48.5 Å². The second-order valence-corrected chi connectivity index (χ2v) is 6.82. The Labute approximate surface area is 152 Å². The molecule has 5 heteroatoms. The van der Waals surface area contributed by atoms with E-state index >= 15 is 0 Å². The highest BCUT2D eigenvalue weighted by Gasteiger charge is 2.36. The van der Waals surface area contributed by atoms with Gasteiger partial charge in [-0.05, 0) is 37.0 Å². The minimum absolute atomic E-state index is 0.0773. The summed E-state index contributed by atoms with van der Waals surface area (Å²) >= 11 is 6.23. The molecule has 0 heterocycles. The number of carbonyl (C=O) groups is 2. The summed E-state index contributed by atoms with van der Waals surface area (Å²) in [4.78, 5) is 25.2. The molecule has 1 aliphatic carbocycles. The maximum Gasteiger partial charge on any atom is 0.323 e. The Kier molecular flexibility index (Phi) is 5.09. The monoisotopic (exact) mass is 357 g/mol. The van der Waals surface area contributed by atoms with E-state index < -0.39 is 5.97 Å². The Morgan fingerprint density at radius 1 is 1.16 bits per heavy atom. The molecule has 2 aromatic rings. The molecule has 1 saturated carbocycles. The minimum Gasteiger partial charge on any atom is -0.480 e. The Bertz CT molecular complexity index is 784. The number of carboxylic acids is 1. The average molecular weight is 358 g/mol. The molecule has 130 valence electrons. The fourth-order valence-electron chi connectivity index (χ4n) is 2.96. The quantitative estimate of drug-likeness (QED) is 0.843. The molecule has 1 atom stereocenters. The van der Waals surface area contributed by atoms with E-state index in [2.05, 4.69) is 0 Å². The van der Waals surface area contributed by atoms with E-state index in [-0.39, 0.29) is 24.4 Å². The van der Waals surface area contributed by atoms with E-state index in [4.69, 9.17) is 16.7 Å². The van der Waals surface area contributed by atoms with Crippen LogP contribution >= 0.6 is 11.6 Å². The van der Waals surface area contributed by atoms with E-state index in [1.165, 1.54) is 4.90 Å². The topological polar surface area (TPSA) is 57.6 Å². The zero-order chi connectivity index (χ0) is 18.0. The number of hydrogen-bond donors (Lipinski definition) is 1. The van der Waals surface area contributed by atoms with Gasteiger partial charge in [-0.1, -0.05) is 54.1 Å². The SMILES string of the molecule is CC(C(=O)N(CC(=O)O)C1CC1)c1ccc(-c2ccccc2Cl)cc1. The minimum atomic E-state index is -0.971. The van der Waals surface area contributed by atoms with Gasteiger partial charge in [-0.3, -0.25) is 9.59 Å². The fourth-order valence-corrected chi connectivity index (χ4v) is 3.20. The van der Waals surface area contributed by atoms with Crippen molar-refractivity contribution in [1.82, 2.24) is 4.90 Å². The summed E-state index contributed by atoms with van der Waals surface area (Å²) in [6.07, 6.45) is 1.77. The largest absolute Gasteiger partial charge is 0.480 e. The smallest absolute Gasteiger partial charge is 0.323 e. The summed E-state index contributed by atoms with van der Waals surface area (Å²) in [6.45, 7) is 1.59. The lowest BCUT2D eigenvalue weighted by molar-refractivity contribution is -0.145. The molecule has 0 aromatic heterocycles. The average Bonchev–Trinajstić information content (AvgIpc) is 3.44. The van der Waals surface area contributed by atoms with Gasteiger partial charge in [-0.15, -0.1) is 0 Å². The van der Waals surface area contributed by atoms with Crippen LogP contribution in [0, 0.1) is 0 Å². The first-order valence-corrected chi connectivity index (χ1v) is 8.72. The van der Waals surface area contributed by atoms with Crippen LogP contribution in [-0.4, -0.2) is 34.5 Å². The van der Waals surface area contributed by atoms with E-state index in [1.807, 2.05) is 55.5 Å². The number of rotatable bonds is 6. The van der Waals surface area contributed by atoms with Crippen molar-refractivity contribution in [3.63, 3.8) is 0 Å². The molecule has 1 amide bonds. The van der Waals surface area contributed by atoms with Crippen molar-refractivity contribution < 1.29 is 14.7 Å². The molecule has 25 heavy (non-hydrogen) atoms. The van der Waals surface area contributed by atoms with E-state index in [1.54, 1.807) is 0 Å². The standard InChI is InChI=1S/C20H20ClNO3/c1-13(20(25)22(12-19(23)24)16-10-11-16)14-6-8-15(9-7-14)17-4-2-3-5-18(17)21/h2-9,13,16H,10-12H2,1H3,(H,23,24). The second kappa shape index (κ2) is 7.28. The zero-order valence-electron chi connectivity index (χ0n) is 14.0. The lowest BCUT2D eigenvalue weighted by Crippen LogP contribution is -2.39. The van der Waals surface area contributed by atoms with Gasteiger partial charge < -0.3 is 10.0 Å². The van der Waals surface area contributed by atoms with Crippen molar-refractivity contribution in [3.05, 3.63) is 59.1 Å². The van der Waals surface area contributed by atoms with Crippen molar-refractivity contribution in [2.75, 3.05) is 6.54 Å². The van der Waals surface area contributed by atoms with E-state index in [9.17, 15) is 9.59 Å². The zero-order valence-corrected chi connectivity index (χ0v) is 14.7. The number of nitrogens with zero attached hydrogens (tertiary/aromatic N) is 1. The molecule has 0 spiro atoms. The van der Waals surface area contributed by atoms with Crippen LogP contribution in [0.3, 0.4) is 0 Å². The summed E-state index contributed by atoms with van der Waals surface area (Å²) < 4.78 is 0. The lowest BCUT2D eigenvalue weighted by atomic mass is 9.96. The summed E-state index contributed by atoms with van der Waals surface area (Å²) in [5.74, 6) is -1.47. The molecule has 2 aromatic carbocycles. The molecule has 0 bridgehead atoms. The van der Waals surface area contributed by atoms with Gasteiger partial charge in [0.25, 0.3) is 0 Å². The van der Waals surface area contributed by atoms with Crippen LogP contribution in [0.1, 0.15) is 31.2 Å². The molecule has 0 radical (unpaired) electrons. The van der Waals surface area contributed by atoms with Crippen LogP contribution in [-0.2, 0) is 9.59 Å². The van der Waals surface area contributed by atoms with Gasteiger partial charge in [0, 0.05) is 16.6 Å². The molecular formula is C20H20ClNO3. The first-order valence-electron chi connectivity index (χ1n) is 8.34. The van der Waals surface area contributed by atoms with E-state index in [0.717, 1.165) is 29.5 Å². The molecule has 3 rings (SSSR count). The Morgan fingerprint density at radius 2 is 1.80 bits per heavy atom. The van der Waals surface area contributed by atoms with Crippen LogP contribution < -0.4 is 0 Å². The highest BCUT2D eigenvalue weighted by molar-refractivity contribution is 6.33. The maximum absolute atomic E-state index is 12.7. The predicted molar refractivity (Wildman–Crippen MR) is 97.7 cm³/mol. The summed E-state index contributed by atoms with van der Waals surface area (Å²) in [6, 6.07) is 15.4. The normalized spacial score (nSPS) is 14.8. The first-order chi connectivity index (χ1) is 12.0. The second-order valence-electron chi connectivity index (χ2n) is 6.41. The van der Waals surface area contributed by atoms with Gasteiger partial charge in [0.15, 0.2) is 0 Å². The number of aliphatic carboxylic acids is 1. The van der Waals surface area contributed by atoms with Gasteiger partial charge in [-0.2, -0.15) is 0 Å². The number of amides is 1. The van der Waals surface area contributed by atoms with Gasteiger partial charge >= 0.3 is 5.97 Å². The molecule has 1 fully saturated rings. The molecule has 4 nitrogen and oxygen atoms in total. The Hall–Kier alpha value is -2.33. The fraction of sp³-hybridized carbons (Fsp3) is 0.300. The summed E-state index contributed by atoms with van der Waals surface area (Å²) in [7, 11) is 0. The lowest BCUT2D eigenvalue weighted by Gasteiger charge is -2.24. The van der Waals surface area contributed by atoms with E-state index in [0.29, 0.717) is 5.02 Å². The number of carbonyl (C=O) groups excluding carboxylic acids is 1. The Morgan fingerprint density at radius 3 is 2.36 bits per heavy atom. The van der Waals surface area contributed by atoms with Crippen molar-refractivity contribution in [1.29, 1.82) is 0 Å². The van der Waals surface area contributed by atoms with Gasteiger partial charge in [0.2, 0.25) is 5.91 Å². The van der Waals surface area contributed by atoms with Crippen molar-refractivity contribution in [2.24, 2.45) is 0 Å². The molecule has 1 N–H and O–H groups in total. The molecule has 1 aliphatic rings. The molecule has 0 aliphatic heterocycles. The van der Waals surface area contributed by atoms with Crippen LogP contribution in [0.5, 0.6) is 0 Å².